The van der Waals surface area contributed by atoms with Crippen molar-refractivity contribution in [1.29, 1.82) is 0 Å². The van der Waals surface area contributed by atoms with Crippen LogP contribution in [0.25, 0.3) is 10.9 Å². The molecule has 0 fully saturated rings. The molecule has 2 N–H and O–H groups in total. The van der Waals surface area contributed by atoms with Gasteiger partial charge < -0.3 is 19.8 Å². The topological polar surface area (TPSA) is 97.5 Å². The van der Waals surface area contributed by atoms with Crippen molar-refractivity contribution in [3.05, 3.63) is 59.8 Å². The molecular weight excluding hydrogens is 336 g/mol. The molecule has 130 valence electrons. The standard InChI is InChI=1S/C19H14N2O5/c22-16(13-8-20-14-4-2-1-3-12(13)14)9-26-19(24)11-5-6-15-17(7-11)25-10-18(23)21-15/h1-8,20H,9-10H2,(H,21,23). The fraction of sp³-hybridized carbons (Fsp3) is 0.105. The van der Waals surface area contributed by atoms with Gasteiger partial charge in [0.2, 0.25) is 5.78 Å². The summed E-state index contributed by atoms with van der Waals surface area (Å²) in [6.07, 6.45) is 1.61. The number of H-pyrrole nitrogens is 1. The van der Waals surface area contributed by atoms with Crippen LogP contribution >= 0.6 is 0 Å². The van der Waals surface area contributed by atoms with Gasteiger partial charge in [0.15, 0.2) is 13.2 Å². The van der Waals surface area contributed by atoms with Gasteiger partial charge in [0.05, 0.1) is 11.3 Å². The summed E-state index contributed by atoms with van der Waals surface area (Å²) in [6, 6.07) is 11.9. The number of aromatic amines is 1. The van der Waals surface area contributed by atoms with Crippen LogP contribution in [-0.2, 0) is 9.53 Å². The number of amides is 1. The van der Waals surface area contributed by atoms with Gasteiger partial charge in [-0.3, -0.25) is 9.59 Å². The maximum atomic E-state index is 12.4. The maximum absolute atomic E-state index is 12.4. The van der Waals surface area contributed by atoms with Gasteiger partial charge in [-0.1, -0.05) is 18.2 Å². The number of ether oxygens (including phenoxy) is 2. The first-order valence-corrected chi connectivity index (χ1v) is 7.95. The number of fused-ring (bicyclic) bond motifs is 2. The van der Waals surface area contributed by atoms with E-state index in [2.05, 4.69) is 10.3 Å². The Labute approximate surface area is 147 Å². The van der Waals surface area contributed by atoms with E-state index in [4.69, 9.17) is 9.47 Å². The monoisotopic (exact) mass is 350 g/mol. The molecule has 2 heterocycles. The summed E-state index contributed by atoms with van der Waals surface area (Å²) in [5, 5.41) is 3.42. The van der Waals surface area contributed by atoms with Gasteiger partial charge in [-0.15, -0.1) is 0 Å². The minimum absolute atomic E-state index is 0.107. The zero-order chi connectivity index (χ0) is 18.1. The highest BCUT2D eigenvalue weighted by Gasteiger charge is 2.19. The molecule has 0 bridgehead atoms. The normalized spacial score (nSPS) is 12.8. The summed E-state index contributed by atoms with van der Waals surface area (Å²) in [6.45, 7) is -0.472. The molecule has 2 aromatic carbocycles. The lowest BCUT2D eigenvalue weighted by atomic mass is 10.1. The third-order valence-electron chi connectivity index (χ3n) is 4.07. The Morgan fingerprint density at radius 1 is 1.15 bits per heavy atom. The Kier molecular flexibility index (Phi) is 3.89. The molecule has 0 atom stereocenters. The summed E-state index contributed by atoms with van der Waals surface area (Å²) in [5.41, 5.74) is 2.06. The molecule has 0 unspecified atom stereocenters. The molecule has 1 aliphatic heterocycles. The molecule has 0 radical (unpaired) electrons. The van der Waals surface area contributed by atoms with Crippen molar-refractivity contribution in [2.45, 2.75) is 0 Å². The van der Waals surface area contributed by atoms with Crippen LogP contribution in [0.15, 0.2) is 48.7 Å². The van der Waals surface area contributed by atoms with Crippen LogP contribution in [0, 0.1) is 0 Å². The number of aromatic nitrogens is 1. The first-order chi connectivity index (χ1) is 12.6. The van der Waals surface area contributed by atoms with Crippen LogP contribution in [0.5, 0.6) is 5.75 Å². The van der Waals surface area contributed by atoms with Crippen molar-refractivity contribution in [1.82, 2.24) is 4.98 Å². The Morgan fingerprint density at radius 3 is 2.88 bits per heavy atom. The van der Waals surface area contributed by atoms with Crippen LogP contribution in [0.1, 0.15) is 20.7 Å². The van der Waals surface area contributed by atoms with Crippen molar-refractivity contribution in [2.75, 3.05) is 18.5 Å². The minimum atomic E-state index is -0.638. The average molecular weight is 350 g/mol. The number of esters is 1. The summed E-state index contributed by atoms with van der Waals surface area (Å²) in [4.78, 5) is 38.8. The molecule has 7 nitrogen and oxygen atoms in total. The molecule has 0 saturated heterocycles. The predicted molar refractivity (Wildman–Crippen MR) is 93.5 cm³/mol. The largest absolute Gasteiger partial charge is 0.482 e. The molecule has 26 heavy (non-hydrogen) atoms. The van der Waals surface area contributed by atoms with Crippen LogP contribution < -0.4 is 10.1 Å². The van der Waals surface area contributed by atoms with E-state index in [0.29, 0.717) is 17.0 Å². The SMILES string of the molecule is O=C1COc2cc(C(=O)OCC(=O)c3c[nH]c4ccccc34)ccc2N1. The molecule has 0 aliphatic carbocycles. The van der Waals surface area contributed by atoms with Crippen molar-refractivity contribution in [2.24, 2.45) is 0 Å². The number of hydrogen-bond acceptors (Lipinski definition) is 5. The summed E-state index contributed by atoms with van der Waals surface area (Å²) in [5.74, 6) is -0.794. The molecule has 7 heteroatoms. The first-order valence-electron chi connectivity index (χ1n) is 7.95. The lowest BCUT2D eigenvalue weighted by Crippen LogP contribution is -2.25. The van der Waals surface area contributed by atoms with Gasteiger partial charge in [-0.25, -0.2) is 4.79 Å². The second-order valence-electron chi connectivity index (χ2n) is 5.80. The minimum Gasteiger partial charge on any atom is -0.482 e. The van der Waals surface area contributed by atoms with Gasteiger partial charge in [-0.2, -0.15) is 0 Å². The van der Waals surface area contributed by atoms with E-state index in [1.165, 1.54) is 12.1 Å². The highest BCUT2D eigenvalue weighted by Crippen LogP contribution is 2.28. The molecular formula is C19H14N2O5. The number of ketones is 1. The third kappa shape index (κ3) is 2.90. The van der Waals surface area contributed by atoms with E-state index in [1.54, 1.807) is 12.3 Å². The van der Waals surface area contributed by atoms with Crippen molar-refractivity contribution in [3.8, 4) is 5.75 Å². The highest BCUT2D eigenvalue weighted by atomic mass is 16.5. The second-order valence-corrected chi connectivity index (χ2v) is 5.80. The zero-order valence-corrected chi connectivity index (χ0v) is 13.6. The smallest absolute Gasteiger partial charge is 0.338 e. The van der Waals surface area contributed by atoms with E-state index < -0.39 is 5.97 Å². The summed E-state index contributed by atoms with van der Waals surface area (Å²) in [7, 11) is 0. The van der Waals surface area contributed by atoms with Gasteiger partial charge in [0, 0.05) is 22.7 Å². The summed E-state index contributed by atoms with van der Waals surface area (Å²) < 4.78 is 10.4. The molecule has 0 spiro atoms. The molecule has 3 aromatic rings. The van der Waals surface area contributed by atoms with Crippen LogP contribution in [0.4, 0.5) is 5.69 Å². The number of rotatable bonds is 4. The van der Waals surface area contributed by atoms with Crippen molar-refractivity contribution >= 4 is 34.3 Å². The molecule has 1 aromatic heterocycles. The third-order valence-corrected chi connectivity index (χ3v) is 4.07. The van der Waals surface area contributed by atoms with Crippen LogP contribution in [0.2, 0.25) is 0 Å². The Morgan fingerprint density at radius 2 is 2.00 bits per heavy atom. The fourth-order valence-electron chi connectivity index (χ4n) is 2.80. The van der Waals surface area contributed by atoms with Gasteiger partial charge >= 0.3 is 5.97 Å². The molecule has 1 aliphatic rings. The molecule has 4 rings (SSSR count). The van der Waals surface area contributed by atoms with E-state index >= 15 is 0 Å². The second kappa shape index (κ2) is 6.36. The number of benzene rings is 2. The average Bonchev–Trinajstić information content (AvgIpc) is 3.09. The Balaban J connectivity index is 1.45. The van der Waals surface area contributed by atoms with Gasteiger partial charge in [-0.05, 0) is 24.3 Å². The van der Waals surface area contributed by atoms with E-state index in [0.717, 1.165) is 10.9 Å². The number of hydrogen-bond donors (Lipinski definition) is 2. The lowest BCUT2D eigenvalue weighted by Gasteiger charge is -2.18. The molecule has 1 amide bonds. The van der Waals surface area contributed by atoms with Gasteiger partial charge in [0.1, 0.15) is 5.75 Å². The number of nitrogens with one attached hydrogen (secondary N) is 2. The predicted octanol–water partition coefficient (Wildman–Crippen LogP) is 2.54. The first kappa shape index (κ1) is 15.9. The van der Waals surface area contributed by atoms with E-state index in [1.807, 2.05) is 24.3 Å². The van der Waals surface area contributed by atoms with Gasteiger partial charge in [0.25, 0.3) is 5.91 Å². The van der Waals surface area contributed by atoms with E-state index in [-0.39, 0.29) is 30.5 Å². The van der Waals surface area contributed by atoms with E-state index in [9.17, 15) is 14.4 Å². The van der Waals surface area contributed by atoms with Crippen molar-refractivity contribution in [3.63, 3.8) is 0 Å². The number of carbonyl (C=O) groups excluding carboxylic acids is 3. The molecule has 0 saturated carbocycles. The van der Waals surface area contributed by atoms with Crippen LogP contribution in [0.3, 0.4) is 0 Å². The fourth-order valence-corrected chi connectivity index (χ4v) is 2.80. The Hall–Kier alpha value is -3.61. The van der Waals surface area contributed by atoms with Crippen molar-refractivity contribution < 1.29 is 23.9 Å². The lowest BCUT2D eigenvalue weighted by molar-refractivity contribution is -0.118. The number of Topliss-reactive ketones (excluding diaryl/α,β-unsaturated/α-hetero) is 1. The summed E-state index contributed by atoms with van der Waals surface area (Å²) >= 11 is 0. The number of carbonyl (C=O) groups is 3. The quantitative estimate of drug-likeness (QED) is 0.557. The highest BCUT2D eigenvalue weighted by molar-refractivity contribution is 6.09. The van der Waals surface area contributed by atoms with Crippen LogP contribution in [-0.4, -0.2) is 35.9 Å². The maximum Gasteiger partial charge on any atom is 0.338 e. The number of anilines is 1. The number of para-hydroxylation sites is 1. The zero-order valence-electron chi connectivity index (χ0n) is 13.6. The Bertz CT molecular complexity index is 1040.